The molecular weight excluding hydrogens is 236 g/mol. The first-order chi connectivity index (χ1) is 9.17. The summed E-state index contributed by atoms with van der Waals surface area (Å²) in [6, 6.07) is 10.0. The number of hydrogen-bond donors (Lipinski definition) is 1. The number of nitriles is 1. The van der Waals surface area contributed by atoms with Gasteiger partial charge in [-0.15, -0.1) is 0 Å². The Labute approximate surface area is 115 Å². The van der Waals surface area contributed by atoms with Gasteiger partial charge in [0.15, 0.2) is 0 Å². The molecule has 0 spiro atoms. The molecule has 0 bridgehead atoms. The van der Waals surface area contributed by atoms with Crippen molar-refractivity contribution in [3.8, 4) is 6.07 Å². The van der Waals surface area contributed by atoms with Crippen LogP contribution in [0.4, 0.5) is 0 Å². The summed E-state index contributed by atoms with van der Waals surface area (Å²) in [6.45, 7) is 5.43. The molecular formula is C15H22N4. The number of nitrogens with two attached hydrogens (primary N) is 1. The molecule has 0 amide bonds. The first-order valence-electron chi connectivity index (χ1n) is 6.83. The lowest BCUT2D eigenvalue weighted by Gasteiger charge is -2.33. The van der Waals surface area contributed by atoms with E-state index < -0.39 is 0 Å². The Balaban J connectivity index is 1.80. The third kappa shape index (κ3) is 4.32. The summed E-state index contributed by atoms with van der Waals surface area (Å²) in [6.07, 6.45) is 0.873. The predicted molar refractivity (Wildman–Crippen MR) is 76.8 cm³/mol. The Hall–Kier alpha value is -1.41. The maximum atomic E-state index is 8.76. The Morgan fingerprint density at radius 2 is 1.84 bits per heavy atom. The molecule has 19 heavy (non-hydrogen) atoms. The van der Waals surface area contributed by atoms with Gasteiger partial charge in [0.2, 0.25) is 0 Å². The number of hydrogen-bond acceptors (Lipinski definition) is 4. The lowest BCUT2D eigenvalue weighted by Crippen LogP contribution is -2.49. The second-order valence-corrected chi connectivity index (χ2v) is 5.38. The molecule has 1 heterocycles. The zero-order valence-corrected chi connectivity index (χ0v) is 11.5. The highest BCUT2D eigenvalue weighted by Crippen LogP contribution is 2.07. The number of benzene rings is 1. The van der Waals surface area contributed by atoms with Gasteiger partial charge in [0.05, 0.1) is 11.6 Å². The van der Waals surface area contributed by atoms with Gasteiger partial charge in [0.25, 0.3) is 0 Å². The zero-order chi connectivity index (χ0) is 13.7. The molecule has 2 N–H and O–H groups in total. The summed E-state index contributed by atoms with van der Waals surface area (Å²) < 4.78 is 0. The van der Waals surface area contributed by atoms with E-state index in [0.29, 0.717) is 5.56 Å². The van der Waals surface area contributed by atoms with Crippen molar-refractivity contribution in [1.29, 1.82) is 5.26 Å². The van der Waals surface area contributed by atoms with Crippen LogP contribution in [-0.4, -0.2) is 55.6 Å². The van der Waals surface area contributed by atoms with Crippen molar-refractivity contribution in [1.82, 2.24) is 9.80 Å². The molecule has 102 valence electrons. The van der Waals surface area contributed by atoms with Gasteiger partial charge in [-0.1, -0.05) is 12.1 Å². The smallest absolute Gasteiger partial charge is 0.0991 e. The lowest BCUT2D eigenvalue weighted by molar-refractivity contribution is 0.147. The monoisotopic (exact) mass is 258 g/mol. The molecule has 1 fully saturated rings. The fourth-order valence-corrected chi connectivity index (χ4v) is 2.44. The maximum Gasteiger partial charge on any atom is 0.0991 e. The molecule has 1 aliphatic rings. The number of rotatable bonds is 4. The molecule has 4 nitrogen and oxygen atoms in total. The molecule has 1 aliphatic heterocycles. The largest absolute Gasteiger partial charge is 0.326 e. The van der Waals surface area contributed by atoms with Crippen LogP contribution < -0.4 is 5.73 Å². The fourth-order valence-electron chi connectivity index (χ4n) is 2.44. The number of piperazine rings is 1. The Morgan fingerprint density at radius 1 is 1.21 bits per heavy atom. The first kappa shape index (κ1) is 14.0. The minimum absolute atomic E-state index is 0.163. The summed E-state index contributed by atoms with van der Waals surface area (Å²) >= 11 is 0. The summed E-state index contributed by atoms with van der Waals surface area (Å²) in [5, 5.41) is 8.76. The van der Waals surface area contributed by atoms with E-state index in [1.807, 2.05) is 24.3 Å². The Morgan fingerprint density at radius 3 is 2.42 bits per heavy atom. The van der Waals surface area contributed by atoms with Crippen molar-refractivity contribution in [2.24, 2.45) is 5.73 Å². The molecule has 0 radical (unpaired) electrons. The van der Waals surface area contributed by atoms with Crippen LogP contribution in [0.15, 0.2) is 24.3 Å². The topological polar surface area (TPSA) is 56.3 Å². The van der Waals surface area contributed by atoms with Crippen LogP contribution in [0.25, 0.3) is 0 Å². The van der Waals surface area contributed by atoms with E-state index >= 15 is 0 Å². The van der Waals surface area contributed by atoms with Gasteiger partial charge in [-0.05, 0) is 31.2 Å². The van der Waals surface area contributed by atoms with Crippen molar-refractivity contribution in [3.05, 3.63) is 35.4 Å². The summed E-state index contributed by atoms with van der Waals surface area (Å²) in [5.74, 6) is 0. The zero-order valence-electron chi connectivity index (χ0n) is 11.5. The van der Waals surface area contributed by atoms with E-state index in [2.05, 4.69) is 22.9 Å². The van der Waals surface area contributed by atoms with Crippen LogP contribution in [0, 0.1) is 11.3 Å². The highest BCUT2D eigenvalue weighted by atomic mass is 15.2. The lowest BCUT2D eigenvalue weighted by atomic mass is 10.0. The van der Waals surface area contributed by atoms with Gasteiger partial charge < -0.3 is 10.6 Å². The van der Waals surface area contributed by atoms with Gasteiger partial charge in [-0.25, -0.2) is 0 Å². The summed E-state index contributed by atoms with van der Waals surface area (Å²) in [5.41, 5.74) is 8.14. The van der Waals surface area contributed by atoms with Crippen molar-refractivity contribution in [2.75, 3.05) is 39.8 Å². The molecule has 2 rings (SSSR count). The molecule has 1 aromatic carbocycles. The third-order valence-corrected chi connectivity index (χ3v) is 3.67. The van der Waals surface area contributed by atoms with E-state index in [1.165, 1.54) is 5.56 Å². The van der Waals surface area contributed by atoms with Crippen LogP contribution in [0.2, 0.25) is 0 Å². The van der Waals surface area contributed by atoms with E-state index in [0.717, 1.165) is 39.1 Å². The van der Waals surface area contributed by atoms with Gasteiger partial charge in [-0.3, -0.25) is 4.90 Å². The normalized spacial score (nSPS) is 19.0. The highest BCUT2D eigenvalue weighted by Gasteiger charge is 2.16. The van der Waals surface area contributed by atoms with Crippen LogP contribution in [0.1, 0.15) is 11.1 Å². The number of likely N-dealkylation sites (N-methyl/N-ethyl adjacent to an activating group) is 1. The standard InChI is InChI=1S/C15H22N4/c1-18-6-8-19(9-7-18)12-15(17)10-13-2-4-14(11-16)5-3-13/h2-5,15H,6-10,12,17H2,1H3/t15-/m1/s1. The average molecular weight is 258 g/mol. The molecule has 1 atom stereocenters. The molecule has 0 aliphatic carbocycles. The van der Waals surface area contributed by atoms with Crippen molar-refractivity contribution >= 4 is 0 Å². The maximum absolute atomic E-state index is 8.76. The van der Waals surface area contributed by atoms with Gasteiger partial charge in [0.1, 0.15) is 0 Å². The molecule has 4 heteroatoms. The van der Waals surface area contributed by atoms with Crippen LogP contribution in [-0.2, 0) is 6.42 Å². The summed E-state index contributed by atoms with van der Waals surface area (Å²) in [7, 11) is 2.16. The summed E-state index contributed by atoms with van der Waals surface area (Å²) in [4.78, 5) is 4.79. The SMILES string of the molecule is CN1CCN(C[C@H](N)Cc2ccc(C#N)cc2)CC1. The van der Waals surface area contributed by atoms with Gasteiger partial charge in [0, 0.05) is 38.8 Å². The number of nitrogens with zero attached hydrogens (tertiary/aromatic N) is 3. The molecule has 1 saturated heterocycles. The second kappa shape index (κ2) is 6.67. The van der Waals surface area contributed by atoms with Crippen LogP contribution >= 0.6 is 0 Å². The average Bonchev–Trinajstić information content (AvgIpc) is 2.42. The van der Waals surface area contributed by atoms with E-state index in [9.17, 15) is 0 Å². The van der Waals surface area contributed by atoms with Crippen LogP contribution in [0.3, 0.4) is 0 Å². The minimum Gasteiger partial charge on any atom is -0.326 e. The molecule has 1 aromatic rings. The fraction of sp³-hybridized carbons (Fsp3) is 0.533. The van der Waals surface area contributed by atoms with Gasteiger partial charge in [-0.2, -0.15) is 5.26 Å². The Kier molecular flexibility index (Phi) is 4.92. The highest BCUT2D eigenvalue weighted by molar-refractivity contribution is 5.31. The van der Waals surface area contributed by atoms with Crippen molar-refractivity contribution in [2.45, 2.75) is 12.5 Å². The third-order valence-electron chi connectivity index (χ3n) is 3.67. The first-order valence-corrected chi connectivity index (χ1v) is 6.83. The predicted octanol–water partition coefficient (Wildman–Crippen LogP) is 0.675. The van der Waals surface area contributed by atoms with E-state index in [4.69, 9.17) is 11.0 Å². The molecule has 0 saturated carbocycles. The second-order valence-electron chi connectivity index (χ2n) is 5.38. The Bertz CT molecular complexity index is 426. The van der Waals surface area contributed by atoms with Gasteiger partial charge >= 0.3 is 0 Å². The van der Waals surface area contributed by atoms with E-state index in [-0.39, 0.29) is 6.04 Å². The minimum atomic E-state index is 0.163. The van der Waals surface area contributed by atoms with E-state index in [1.54, 1.807) is 0 Å². The molecule has 0 aromatic heterocycles. The van der Waals surface area contributed by atoms with Crippen molar-refractivity contribution < 1.29 is 0 Å². The van der Waals surface area contributed by atoms with Crippen LogP contribution in [0.5, 0.6) is 0 Å². The quantitative estimate of drug-likeness (QED) is 0.862. The van der Waals surface area contributed by atoms with Crippen molar-refractivity contribution in [3.63, 3.8) is 0 Å². The molecule has 0 unspecified atom stereocenters.